The second-order valence-electron chi connectivity index (χ2n) is 8.09. The number of hydrogen-bond donors (Lipinski definition) is 0. The normalized spacial score (nSPS) is 25.0. The summed E-state index contributed by atoms with van der Waals surface area (Å²) in [7, 11) is 0. The van der Waals surface area contributed by atoms with E-state index < -0.39 is 0 Å². The molecule has 0 spiro atoms. The summed E-state index contributed by atoms with van der Waals surface area (Å²) in [6, 6.07) is 19.4. The van der Waals surface area contributed by atoms with Crippen molar-refractivity contribution in [2.45, 2.75) is 57.7 Å². The summed E-state index contributed by atoms with van der Waals surface area (Å²) < 4.78 is 0. The molecule has 2 fully saturated rings. The Balaban J connectivity index is 1.53. The summed E-state index contributed by atoms with van der Waals surface area (Å²) in [4.78, 5) is 15.8. The molecular formula is C24H26N2O. The molecule has 0 N–H and O–H groups in total. The van der Waals surface area contributed by atoms with E-state index in [-0.39, 0.29) is 11.7 Å². The van der Waals surface area contributed by atoms with Gasteiger partial charge in [-0.1, -0.05) is 42.8 Å². The molecule has 3 nitrogen and oxygen atoms in total. The lowest BCUT2D eigenvalue weighted by molar-refractivity contribution is 0.00905. The number of fused-ring (bicyclic) bond motifs is 2. The number of hydrogen-bond acceptors (Lipinski definition) is 3. The minimum atomic E-state index is 0.0436. The number of ketones is 1. The van der Waals surface area contributed by atoms with Gasteiger partial charge in [-0.05, 0) is 55.9 Å². The Kier molecular flexibility index (Phi) is 5.09. The van der Waals surface area contributed by atoms with Crippen LogP contribution in [0, 0.1) is 24.2 Å². The molecule has 2 bridgehead atoms. The molecule has 2 aromatic rings. The maximum Gasteiger partial charge on any atom is 0.167 e. The first-order valence-electron chi connectivity index (χ1n) is 10.0. The standard InChI is InChI=1S/C24H26N2O/c1-17-10-11-23(20(12-17)15-25)24(27)19-13-21-8-5-9-22(14-19)26(21)16-18-6-3-2-4-7-18/h2-4,6-7,10-12,19,21-22H,5,8-9,13-14,16H2,1H3. The van der Waals surface area contributed by atoms with Crippen LogP contribution in [-0.4, -0.2) is 22.8 Å². The number of piperidine rings is 2. The SMILES string of the molecule is Cc1ccc(C(=O)C2CC3CCCC(C2)N3Cc2ccccc2)c(C#N)c1. The molecule has 138 valence electrons. The van der Waals surface area contributed by atoms with Crippen LogP contribution >= 0.6 is 0 Å². The topological polar surface area (TPSA) is 44.1 Å². The molecule has 0 aromatic heterocycles. The van der Waals surface area contributed by atoms with E-state index in [9.17, 15) is 10.1 Å². The van der Waals surface area contributed by atoms with Crippen LogP contribution in [0.25, 0.3) is 0 Å². The molecule has 27 heavy (non-hydrogen) atoms. The third-order valence-electron chi connectivity index (χ3n) is 6.27. The summed E-state index contributed by atoms with van der Waals surface area (Å²) in [5.74, 6) is 0.213. The van der Waals surface area contributed by atoms with Gasteiger partial charge in [0.1, 0.15) is 0 Å². The lowest BCUT2D eigenvalue weighted by Gasteiger charge is -2.48. The molecule has 0 saturated carbocycles. The summed E-state index contributed by atoms with van der Waals surface area (Å²) in [6.07, 6.45) is 5.44. The number of carbonyl (C=O) groups excluding carboxylic acids is 1. The Morgan fingerprint density at radius 3 is 2.48 bits per heavy atom. The Bertz CT molecular complexity index is 854. The Morgan fingerprint density at radius 2 is 1.81 bits per heavy atom. The average molecular weight is 358 g/mol. The van der Waals surface area contributed by atoms with Gasteiger partial charge in [0, 0.05) is 30.1 Å². The van der Waals surface area contributed by atoms with Crippen molar-refractivity contribution in [1.82, 2.24) is 4.90 Å². The molecular weight excluding hydrogens is 332 g/mol. The highest BCUT2D eigenvalue weighted by atomic mass is 16.1. The molecule has 2 unspecified atom stereocenters. The van der Waals surface area contributed by atoms with Crippen molar-refractivity contribution in [2.75, 3.05) is 0 Å². The predicted octanol–water partition coefficient (Wildman–Crippen LogP) is 4.88. The van der Waals surface area contributed by atoms with Gasteiger partial charge in [0.25, 0.3) is 0 Å². The minimum absolute atomic E-state index is 0.0436. The summed E-state index contributed by atoms with van der Waals surface area (Å²) >= 11 is 0. The lowest BCUT2D eigenvalue weighted by atomic mass is 9.75. The number of aryl methyl sites for hydroxylation is 1. The molecule has 4 rings (SSSR count). The van der Waals surface area contributed by atoms with Crippen LogP contribution < -0.4 is 0 Å². The van der Waals surface area contributed by atoms with Crippen LogP contribution in [0.2, 0.25) is 0 Å². The number of rotatable bonds is 4. The van der Waals surface area contributed by atoms with Crippen molar-refractivity contribution in [3.8, 4) is 6.07 Å². The first kappa shape index (κ1) is 17.9. The second-order valence-corrected chi connectivity index (χ2v) is 8.09. The molecule has 0 amide bonds. The van der Waals surface area contributed by atoms with Crippen LogP contribution in [0.3, 0.4) is 0 Å². The van der Waals surface area contributed by atoms with Crippen LogP contribution in [0.5, 0.6) is 0 Å². The number of nitrogens with zero attached hydrogens (tertiary/aromatic N) is 2. The number of nitriles is 1. The van der Waals surface area contributed by atoms with Gasteiger partial charge in [0.15, 0.2) is 5.78 Å². The van der Waals surface area contributed by atoms with E-state index in [2.05, 4.69) is 41.3 Å². The van der Waals surface area contributed by atoms with Crippen LogP contribution in [-0.2, 0) is 6.54 Å². The maximum atomic E-state index is 13.2. The third kappa shape index (κ3) is 3.68. The first-order chi connectivity index (χ1) is 13.2. The van der Waals surface area contributed by atoms with E-state index >= 15 is 0 Å². The third-order valence-corrected chi connectivity index (χ3v) is 6.27. The fraction of sp³-hybridized carbons (Fsp3) is 0.417. The first-order valence-corrected chi connectivity index (χ1v) is 10.0. The fourth-order valence-corrected chi connectivity index (χ4v) is 4.93. The predicted molar refractivity (Wildman–Crippen MR) is 106 cm³/mol. The van der Waals surface area contributed by atoms with Gasteiger partial charge in [0.2, 0.25) is 0 Å². The quantitative estimate of drug-likeness (QED) is 0.732. The maximum absolute atomic E-state index is 13.2. The van der Waals surface area contributed by atoms with E-state index in [1.807, 2.05) is 25.1 Å². The highest BCUT2D eigenvalue weighted by Gasteiger charge is 2.40. The molecule has 2 saturated heterocycles. The summed E-state index contributed by atoms with van der Waals surface area (Å²) in [5, 5.41) is 9.45. The van der Waals surface area contributed by atoms with Crippen LogP contribution in [0.15, 0.2) is 48.5 Å². The molecule has 2 aromatic carbocycles. The molecule has 2 aliphatic heterocycles. The smallest absolute Gasteiger partial charge is 0.167 e. The van der Waals surface area contributed by atoms with Gasteiger partial charge in [-0.25, -0.2) is 0 Å². The van der Waals surface area contributed by atoms with Crippen molar-refractivity contribution in [2.24, 2.45) is 5.92 Å². The molecule has 0 radical (unpaired) electrons. The van der Waals surface area contributed by atoms with E-state index in [1.165, 1.54) is 24.8 Å². The van der Waals surface area contributed by atoms with Crippen molar-refractivity contribution >= 4 is 5.78 Å². The molecule has 0 aliphatic carbocycles. The van der Waals surface area contributed by atoms with E-state index in [0.29, 0.717) is 23.2 Å². The summed E-state index contributed by atoms with van der Waals surface area (Å²) in [5.41, 5.74) is 3.52. The fourth-order valence-electron chi connectivity index (χ4n) is 4.93. The Labute approximate surface area is 161 Å². The Morgan fingerprint density at radius 1 is 1.11 bits per heavy atom. The van der Waals surface area contributed by atoms with Gasteiger partial charge in [0.05, 0.1) is 11.6 Å². The number of benzene rings is 2. The van der Waals surface area contributed by atoms with Crippen molar-refractivity contribution in [3.63, 3.8) is 0 Å². The summed E-state index contributed by atoms with van der Waals surface area (Å²) in [6.45, 7) is 2.94. The number of carbonyl (C=O) groups is 1. The van der Waals surface area contributed by atoms with Crippen molar-refractivity contribution in [3.05, 3.63) is 70.8 Å². The second kappa shape index (κ2) is 7.66. The zero-order valence-electron chi connectivity index (χ0n) is 15.9. The van der Waals surface area contributed by atoms with Gasteiger partial charge >= 0.3 is 0 Å². The van der Waals surface area contributed by atoms with Gasteiger partial charge in [-0.15, -0.1) is 0 Å². The van der Waals surface area contributed by atoms with Gasteiger partial charge in [-0.2, -0.15) is 5.26 Å². The highest BCUT2D eigenvalue weighted by Crippen LogP contribution is 2.39. The molecule has 2 heterocycles. The van der Waals surface area contributed by atoms with Crippen LogP contribution in [0.1, 0.15) is 59.2 Å². The Hall–Kier alpha value is -2.44. The average Bonchev–Trinajstić information content (AvgIpc) is 2.68. The minimum Gasteiger partial charge on any atom is -0.294 e. The highest BCUT2D eigenvalue weighted by molar-refractivity contribution is 6.00. The van der Waals surface area contributed by atoms with E-state index in [4.69, 9.17) is 0 Å². The zero-order chi connectivity index (χ0) is 18.8. The van der Waals surface area contributed by atoms with Crippen molar-refractivity contribution < 1.29 is 4.79 Å². The van der Waals surface area contributed by atoms with Gasteiger partial charge < -0.3 is 0 Å². The van der Waals surface area contributed by atoms with Crippen molar-refractivity contribution in [1.29, 1.82) is 5.26 Å². The molecule has 2 atom stereocenters. The largest absolute Gasteiger partial charge is 0.294 e. The van der Waals surface area contributed by atoms with E-state index in [0.717, 1.165) is 24.9 Å². The molecule has 3 heteroatoms. The van der Waals surface area contributed by atoms with Gasteiger partial charge in [-0.3, -0.25) is 9.69 Å². The monoisotopic (exact) mass is 358 g/mol. The zero-order valence-corrected chi connectivity index (χ0v) is 15.9. The number of Topliss-reactive ketones (excluding diaryl/α,β-unsaturated/α-hetero) is 1. The molecule has 2 aliphatic rings. The lowest BCUT2D eigenvalue weighted by Crippen LogP contribution is -2.52. The van der Waals surface area contributed by atoms with E-state index in [1.54, 1.807) is 0 Å². The van der Waals surface area contributed by atoms with Crippen LogP contribution in [0.4, 0.5) is 0 Å².